The van der Waals surface area contributed by atoms with E-state index in [0.29, 0.717) is 38.2 Å². The van der Waals surface area contributed by atoms with Crippen LogP contribution in [0.15, 0.2) is 35.7 Å². The van der Waals surface area contributed by atoms with Crippen molar-refractivity contribution in [3.63, 3.8) is 0 Å². The zero-order valence-corrected chi connectivity index (χ0v) is 16.4. The number of hydrogen-bond acceptors (Lipinski definition) is 4. The van der Waals surface area contributed by atoms with Gasteiger partial charge < -0.3 is 19.9 Å². The zero-order valence-electron chi connectivity index (χ0n) is 16.4. The molecular formula is C21H26N4O3. The molecule has 2 N–H and O–H groups in total. The first-order valence-corrected chi connectivity index (χ1v) is 9.84. The molecule has 2 aliphatic rings. The fraction of sp³-hybridized carbons (Fsp3) is 0.476. The van der Waals surface area contributed by atoms with Crippen LogP contribution in [0.3, 0.4) is 0 Å². The van der Waals surface area contributed by atoms with E-state index < -0.39 is 0 Å². The predicted molar refractivity (Wildman–Crippen MR) is 106 cm³/mol. The van der Waals surface area contributed by atoms with E-state index in [-0.39, 0.29) is 17.4 Å². The average molecular weight is 382 g/mol. The van der Waals surface area contributed by atoms with Crippen LogP contribution in [0.5, 0.6) is 0 Å². The number of rotatable bonds is 3. The van der Waals surface area contributed by atoms with Crippen LogP contribution in [0.4, 0.5) is 0 Å². The van der Waals surface area contributed by atoms with Gasteiger partial charge in [0.2, 0.25) is 0 Å². The van der Waals surface area contributed by atoms with Gasteiger partial charge in [0, 0.05) is 30.2 Å². The number of ether oxygens (including phenoxy) is 1. The number of nitrogens with zero attached hydrogens (tertiary/aromatic N) is 2. The number of H-pyrrole nitrogens is 1. The second-order valence-electron chi connectivity index (χ2n) is 7.91. The second-order valence-corrected chi connectivity index (χ2v) is 7.91. The van der Waals surface area contributed by atoms with Gasteiger partial charge >= 0.3 is 0 Å². The van der Waals surface area contributed by atoms with Crippen molar-refractivity contribution in [2.45, 2.75) is 45.1 Å². The number of carbonyl (C=O) groups excluding carboxylic acids is 2. The van der Waals surface area contributed by atoms with E-state index in [0.717, 1.165) is 35.2 Å². The van der Waals surface area contributed by atoms with E-state index in [4.69, 9.17) is 4.74 Å². The molecule has 0 atom stereocenters. The van der Waals surface area contributed by atoms with Gasteiger partial charge in [0.25, 0.3) is 11.8 Å². The molecule has 4 rings (SSSR count). The summed E-state index contributed by atoms with van der Waals surface area (Å²) in [5.74, 6) is 0.619. The molecule has 7 nitrogen and oxygen atoms in total. The molecule has 2 aliphatic heterocycles. The minimum atomic E-state index is -0.324. The molecule has 2 amide bonds. The van der Waals surface area contributed by atoms with Crippen molar-refractivity contribution in [3.8, 4) is 0 Å². The Kier molecular flexibility index (Phi) is 4.83. The van der Waals surface area contributed by atoms with Gasteiger partial charge in [-0.2, -0.15) is 0 Å². The standard InChI is InChI=1S/C21H26N4O3/c1-14-16(4-3-13-28-14)19(26)24-21(2)8-11-25(12-9-21)20(27)17-6-5-15-7-10-22-18(15)23-17/h5-7,10H,3-4,8-9,11-13H2,1-2H3,(H,22,23)(H,24,26). The van der Waals surface area contributed by atoms with Crippen molar-refractivity contribution in [1.29, 1.82) is 0 Å². The lowest BCUT2D eigenvalue weighted by molar-refractivity contribution is -0.120. The molecule has 1 fully saturated rings. The van der Waals surface area contributed by atoms with Gasteiger partial charge in [0.15, 0.2) is 0 Å². The summed E-state index contributed by atoms with van der Waals surface area (Å²) < 4.78 is 5.51. The minimum absolute atomic E-state index is 0.0432. The number of fused-ring (bicyclic) bond motifs is 1. The van der Waals surface area contributed by atoms with E-state index in [9.17, 15) is 9.59 Å². The lowest BCUT2D eigenvalue weighted by atomic mass is 9.88. The monoisotopic (exact) mass is 382 g/mol. The Balaban J connectivity index is 1.39. The van der Waals surface area contributed by atoms with Gasteiger partial charge in [-0.05, 0) is 57.7 Å². The molecule has 0 aliphatic carbocycles. The smallest absolute Gasteiger partial charge is 0.272 e. The number of amides is 2. The van der Waals surface area contributed by atoms with E-state index >= 15 is 0 Å². The van der Waals surface area contributed by atoms with E-state index in [1.54, 1.807) is 6.07 Å². The molecule has 0 spiro atoms. The molecule has 0 unspecified atom stereocenters. The Morgan fingerprint density at radius 3 is 2.79 bits per heavy atom. The van der Waals surface area contributed by atoms with Crippen LogP contribution in [0, 0.1) is 0 Å². The van der Waals surface area contributed by atoms with E-state index in [1.165, 1.54) is 0 Å². The van der Waals surface area contributed by atoms with Crippen LogP contribution in [0.2, 0.25) is 0 Å². The lowest BCUT2D eigenvalue weighted by Crippen LogP contribution is -2.54. The molecule has 148 valence electrons. The van der Waals surface area contributed by atoms with Crippen LogP contribution in [-0.2, 0) is 9.53 Å². The van der Waals surface area contributed by atoms with Gasteiger partial charge in [-0.3, -0.25) is 9.59 Å². The Bertz CT molecular complexity index is 938. The van der Waals surface area contributed by atoms with Crippen LogP contribution >= 0.6 is 0 Å². The summed E-state index contributed by atoms with van der Waals surface area (Å²) in [5.41, 5.74) is 1.59. The molecule has 7 heteroatoms. The Hall–Kier alpha value is -2.83. The number of hydrogen-bond donors (Lipinski definition) is 2. The molecule has 0 aromatic carbocycles. The van der Waals surface area contributed by atoms with Crippen molar-refractivity contribution in [2.75, 3.05) is 19.7 Å². The maximum atomic E-state index is 12.8. The molecule has 0 bridgehead atoms. The molecule has 2 aromatic rings. The SMILES string of the molecule is CC1=C(C(=O)NC2(C)CCN(C(=O)c3ccc4cc[nH]c4n3)CC2)CCCO1. The maximum absolute atomic E-state index is 12.8. The highest BCUT2D eigenvalue weighted by Crippen LogP contribution is 2.26. The van der Waals surface area contributed by atoms with Gasteiger partial charge in [-0.1, -0.05) is 0 Å². The highest BCUT2D eigenvalue weighted by atomic mass is 16.5. The summed E-state index contributed by atoms with van der Waals surface area (Å²) in [6.45, 7) is 5.77. The quantitative estimate of drug-likeness (QED) is 0.855. The van der Waals surface area contributed by atoms with Crippen molar-refractivity contribution in [3.05, 3.63) is 41.4 Å². The lowest BCUT2D eigenvalue weighted by Gasteiger charge is -2.40. The second kappa shape index (κ2) is 7.30. The summed E-state index contributed by atoms with van der Waals surface area (Å²) in [7, 11) is 0. The summed E-state index contributed by atoms with van der Waals surface area (Å²) in [4.78, 5) is 34.8. The number of likely N-dealkylation sites (tertiary alicyclic amines) is 1. The van der Waals surface area contributed by atoms with Crippen molar-refractivity contribution < 1.29 is 14.3 Å². The van der Waals surface area contributed by atoms with Crippen molar-refractivity contribution >= 4 is 22.8 Å². The fourth-order valence-corrected chi connectivity index (χ4v) is 3.90. The average Bonchev–Trinajstić information content (AvgIpc) is 3.16. The molecule has 2 aromatic heterocycles. The zero-order chi connectivity index (χ0) is 19.7. The minimum Gasteiger partial charge on any atom is -0.498 e. The Morgan fingerprint density at radius 1 is 1.25 bits per heavy atom. The third kappa shape index (κ3) is 3.61. The summed E-state index contributed by atoms with van der Waals surface area (Å²) >= 11 is 0. The first-order valence-electron chi connectivity index (χ1n) is 9.84. The van der Waals surface area contributed by atoms with Crippen LogP contribution < -0.4 is 5.32 Å². The van der Waals surface area contributed by atoms with Crippen LogP contribution in [0.1, 0.15) is 50.0 Å². The van der Waals surface area contributed by atoms with Crippen LogP contribution in [-0.4, -0.2) is 51.9 Å². The van der Waals surface area contributed by atoms with Gasteiger partial charge in [0.1, 0.15) is 17.1 Å². The number of carbonyl (C=O) groups is 2. The number of aromatic amines is 1. The molecule has 0 radical (unpaired) electrons. The number of aromatic nitrogens is 2. The largest absolute Gasteiger partial charge is 0.498 e. The topological polar surface area (TPSA) is 87.3 Å². The highest BCUT2D eigenvalue weighted by Gasteiger charge is 2.35. The molecular weight excluding hydrogens is 356 g/mol. The normalized spacial score (nSPS) is 19.4. The fourth-order valence-electron chi connectivity index (χ4n) is 3.90. The third-order valence-corrected chi connectivity index (χ3v) is 5.79. The first-order chi connectivity index (χ1) is 13.5. The summed E-state index contributed by atoms with van der Waals surface area (Å²) in [5, 5.41) is 4.17. The van der Waals surface area contributed by atoms with Gasteiger partial charge in [-0.25, -0.2) is 4.98 Å². The molecule has 1 saturated heterocycles. The highest BCUT2D eigenvalue weighted by molar-refractivity contribution is 5.95. The molecule has 4 heterocycles. The third-order valence-electron chi connectivity index (χ3n) is 5.79. The van der Waals surface area contributed by atoms with Gasteiger partial charge in [-0.15, -0.1) is 0 Å². The predicted octanol–water partition coefficient (Wildman–Crippen LogP) is 2.76. The van der Waals surface area contributed by atoms with E-state index in [1.807, 2.05) is 30.2 Å². The maximum Gasteiger partial charge on any atom is 0.272 e. The summed E-state index contributed by atoms with van der Waals surface area (Å²) in [6, 6.07) is 5.61. The number of nitrogens with one attached hydrogen (secondary N) is 2. The van der Waals surface area contributed by atoms with Crippen molar-refractivity contribution in [2.24, 2.45) is 0 Å². The number of pyridine rings is 1. The Labute approximate surface area is 164 Å². The van der Waals surface area contributed by atoms with Crippen LogP contribution in [0.25, 0.3) is 11.0 Å². The van der Waals surface area contributed by atoms with Gasteiger partial charge in [0.05, 0.1) is 12.2 Å². The number of piperidine rings is 1. The van der Waals surface area contributed by atoms with E-state index in [2.05, 4.69) is 22.2 Å². The molecule has 0 saturated carbocycles. The Morgan fingerprint density at radius 2 is 2.04 bits per heavy atom. The van der Waals surface area contributed by atoms with Crippen molar-refractivity contribution in [1.82, 2.24) is 20.2 Å². The first kappa shape index (κ1) is 18.5. The molecule has 28 heavy (non-hydrogen) atoms. The summed E-state index contributed by atoms with van der Waals surface area (Å²) in [6.07, 6.45) is 4.86. The number of allylic oxidation sites excluding steroid dienone is 1.